The fourth-order valence-corrected chi connectivity index (χ4v) is 4.03. The van der Waals surface area contributed by atoms with Crippen molar-refractivity contribution in [2.45, 2.75) is 38.7 Å². The number of rotatable bonds is 7. The topological polar surface area (TPSA) is 72.6 Å². The van der Waals surface area contributed by atoms with Gasteiger partial charge in [0.05, 0.1) is 13.2 Å². The molecule has 0 aromatic heterocycles. The van der Waals surface area contributed by atoms with Gasteiger partial charge in [-0.1, -0.05) is 68.4 Å². The molecule has 0 aliphatic carbocycles. The number of nitrogens with zero attached hydrogens (tertiary/aromatic N) is 1. The van der Waals surface area contributed by atoms with Gasteiger partial charge in [0.1, 0.15) is 0 Å². The van der Waals surface area contributed by atoms with Crippen LogP contribution < -0.4 is 5.73 Å². The van der Waals surface area contributed by atoms with E-state index in [2.05, 4.69) is 18.2 Å². The normalized spacial score (nSPS) is 19.3. The molecule has 0 spiro atoms. The summed E-state index contributed by atoms with van der Waals surface area (Å²) in [5.41, 5.74) is 7.74. The molecule has 0 saturated carbocycles. The Morgan fingerprint density at radius 1 is 1.07 bits per heavy atom. The van der Waals surface area contributed by atoms with Gasteiger partial charge >= 0.3 is 0 Å². The minimum atomic E-state index is -1.20. The summed E-state index contributed by atoms with van der Waals surface area (Å²) < 4.78 is 5.94. The van der Waals surface area contributed by atoms with Crippen molar-refractivity contribution < 1.29 is 14.3 Å². The predicted octanol–water partition coefficient (Wildman–Crippen LogP) is 3.42. The molecule has 1 saturated heterocycles. The molecule has 3 rings (SSSR count). The maximum atomic E-state index is 12.9. The van der Waals surface area contributed by atoms with E-state index in [9.17, 15) is 9.59 Å². The monoisotopic (exact) mass is 394 g/mol. The average molecular weight is 395 g/mol. The van der Waals surface area contributed by atoms with E-state index in [1.807, 2.05) is 50.2 Å². The van der Waals surface area contributed by atoms with Crippen LogP contribution in [0.2, 0.25) is 0 Å². The summed E-state index contributed by atoms with van der Waals surface area (Å²) in [7, 11) is 0. The SMILES string of the molecule is CCC(CC)C(=O)N1CCO[C@](Cc2cccc(-c3ccccc3)c2)(C(N)=O)C1. The van der Waals surface area contributed by atoms with Crippen molar-refractivity contribution in [3.63, 3.8) is 0 Å². The van der Waals surface area contributed by atoms with Crippen LogP contribution >= 0.6 is 0 Å². The van der Waals surface area contributed by atoms with Gasteiger partial charge in [0.25, 0.3) is 5.91 Å². The number of carbonyl (C=O) groups excluding carboxylic acids is 2. The van der Waals surface area contributed by atoms with Crippen LogP contribution in [0.5, 0.6) is 0 Å². The molecule has 2 aromatic carbocycles. The first kappa shape index (κ1) is 21.1. The lowest BCUT2D eigenvalue weighted by Gasteiger charge is -2.41. The van der Waals surface area contributed by atoms with E-state index in [4.69, 9.17) is 10.5 Å². The van der Waals surface area contributed by atoms with Gasteiger partial charge in [-0.3, -0.25) is 9.59 Å². The Bertz CT molecular complexity index is 848. The van der Waals surface area contributed by atoms with E-state index in [1.165, 1.54) is 0 Å². The molecule has 154 valence electrons. The van der Waals surface area contributed by atoms with Crippen LogP contribution in [0.15, 0.2) is 54.6 Å². The van der Waals surface area contributed by atoms with Gasteiger partial charge < -0.3 is 15.4 Å². The quantitative estimate of drug-likeness (QED) is 0.782. The van der Waals surface area contributed by atoms with Crippen molar-refractivity contribution in [2.24, 2.45) is 11.7 Å². The largest absolute Gasteiger partial charge is 0.367 e. The molecular weight excluding hydrogens is 364 g/mol. The first-order valence-electron chi connectivity index (χ1n) is 10.4. The Balaban J connectivity index is 1.84. The molecule has 5 heteroatoms. The second-order valence-corrected chi connectivity index (χ2v) is 7.72. The molecule has 1 heterocycles. The summed E-state index contributed by atoms with van der Waals surface area (Å²) in [6.45, 7) is 5.04. The second-order valence-electron chi connectivity index (χ2n) is 7.72. The predicted molar refractivity (Wildman–Crippen MR) is 114 cm³/mol. The molecule has 0 bridgehead atoms. The van der Waals surface area contributed by atoms with Gasteiger partial charge in [0, 0.05) is 18.9 Å². The van der Waals surface area contributed by atoms with Crippen LogP contribution in [0.25, 0.3) is 11.1 Å². The molecule has 29 heavy (non-hydrogen) atoms. The maximum absolute atomic E-state index is 12.9. The number of amides is 2. The lowest BCUT2D eigenvalue weighted by Crippen LogP contribution is -2.61. The molecule has 2 amide bonds. The van der Waals surface area contributed by atoms with Crippen LogP contribution in [0.3, 0.4) is 0 Å². The van der Waals surface area contributed by atoms with Crippen molar-refractivity contribution in [3.8, 4) is 11.1 Å². The van der Waals surface area contributed by atoms with E-state index >= 15 is 0 Å². The van der Waals surface area contributed by atoms with Gasteiger partial charge in [-0.05, 0) is 29.5 Å². The van der Waals surface area contributed by atoms with Crippen LogP contribution in [0.4, 0.5) is 0 Å². The van der Waals surface area contributed by atoms with E-state index < -0.39 is 11.5 Å². The van der Waals surface area contributed by atoms with Crippen molar-refractivity contribution in [1.29, 1.82) is 0 Å². The fourth-order valence-electron chi connectivity index (χ4n) is 4.03. The third-order valence-electron chi connectivity index (χ3n) is 5.81. The van der Waals surface area contributed by atoms with Crippen molar-refractivity contribution in [3.05, 3.63) is 60.2 Å². The standard InChI is InChI=1S/C24H30N2O3/c1-3-19(4-2)22(27)26-13-14-29-24(17-26,23(25)28)16-18-9-8-12-21(15-18)20-10-6-5-7-11-20/h5-12,15,19H,3-4,13-14,16-17H2,1-2H3,(H2,25,28)/t24-/m0/s1. The van der Waals surface area contributed by atoms with E-state index in [-0.39, 0.29) is 18.4 Å². The smallest absolute Gasteiger partial charge is 0.251 e. The summed E-state index contributed by atoms with van der Waals surface area (Å²) in [4.78, 5) is 27.1. The van der Waals surface area contributed by atoms with E-state index in [1.54, 1.807) is 4.90 Å². The number of carbonyl (C=O) groups is 2. The van der Waals surface area contributed by atoms with E-state index in [0.717, 1.165) is 29.5 Å². The minimum absolute atomic E-state index is 0.0277. The number of benzene rings is 2. The first-order valence-corrected chi connectivity index (χ1v) is 10.4. The molecule has 1 aliphatic heterocycles. The number of ether oxygens (including phenoxy) is 1. The highest BCUT2D eigenvalue weighted by Crippen LogP contribution is 2.27. The Hall–Kier alpha value is -2.66. The summed E-state index contributed by atoms with van der Waals surface area (Å²) in [6, 6.07) is 18.1. The van der Waals surface area contributed by atoms with Crippen LogP contribution in [-0.4, -0.2) is 42.0 Å². The van der Waals surface area contributed by atoms with Crippen LogP contribution in [0, 0.1) is 5.92 Å². The lowest BCUT2D eigenvalue weighted by molar-refractivity contribution is -0.165. The fraction of sp³-hybridized carbons (Fsp3) is 0.417. The van der Waals surface area contributed by atoms with Crippen molar-refractivity contribution >= 4 is 11.8 Å². The summed E-state index contributed by atoms with van der Waals surface area (Å²) in [5.74, 6) is -0.466. The highest BCUT2D eigenvalue weighted by Gasteiger charge is 2.44. The third kappa shape index (κ3) is 4.67. The number of primary amides is 1. The Morgan fingerprint density at radius 2 is 1.76 bits per heavy atom. The van der Waals surface area contributed by atoms with Gasteiger partial charge in [0.15, 0.2) is 5.60 Å². The third-order valence-corrected chi connectivity index (χ3v) is 5.81. The summed E-state index contributed by atoms with van der Waals surface area (Å²) in [5, 5.41) is 0. The minimum Gasteiger partial charge on any atom is -0.367 e. The molecule has 0 radical (unpaired) electrons. The van der Waals surface area contributed by atoms with Crippen molar-refractivity contribution in [2.75, 3.05) is 19.7 Å². The molecular formula is C24H30N2O3. The average Bonchev–Trinajstić information content (AvgIpc) is 2.75. The summed E-state index contributed by atoms with van der Waals surface area (Å²) >= 11 is 0. The van der Waals surface area contributed by atoms with Gasteiger partial charge in [-0.2, -0.15) is 0 Å². The Morgan fingerprint density at radius 3 is 2.41 bits per heavy atom. The Kier molecular flexibility index (Phi) is 6.70. The van der Waals surface area contributed by atoms with Crippen LogP contribution in [-0.2, 0) is 20.7 Å². The molecule has 1 aliphatic rings. The molecule has 1 fully saturated rings. The molecule has 1 atom stereocenters. The highest BCUT2D eigenvalue weighted by molar-refractivity contribution is 5.86. The Labute approximate surface area is 172 Å². The van der Waals surface area contributed by atoms with E-state index in [0.29, 0.717) is 19.6 Å². The number of hydrogen-bond acceptors (Lipinski definition) is 3. The van der Waals surface area contributed by atoms with Crippen LogP contribution in [0.1, 0.15) is 32.3 Å². The number of nitrogens with two attached hydrogens (primary N) is 1. The van der Waals surface area contributed by atoms with Gasteiger partial charge in [-0.15, -0.1) is 0 Å². The molecule has 0 unspecified atom stereocenters. The number of morpholine rings is 1. The van der Waals surface area contributed by atoms with Gasteiger partial charge in [-0.25, -0.2) is 0 Å². The van der Waals surface area contributed by atoms with Crippen molar-refractivity contribution in [1.82, 2.24) is 4.90 Å². The zero-order valence-corrected chi connectivity index (χ0v) is 17.3. The second kappa shape index (κ2) is 9.23. The van der Waals surface area contributed by atoms with Gasteiger partial charge in [0.2, 0.25) is 5.91 Å². The zero-order chi connectivity index (χ0) is 20.9. The molecule has 2 N–H and O–H groups in total. The molecule has 5 nitrogen and oxygen atoms in total. The highest BCUT2D eigenvalue weighted by atomic mass is 16.5. The zero-order valence-electron chi connectivity index (χ0n) is 17.3. The molecule has 2 aromatic rings. The first-order chi connectivity index (χ1) is 14.0. The maximum Gasteiger partial charge on any atom is 0.251 e. The summed E-state index contributed by atoms with van der Waals surface area (Å²) in [6.07, 6.45) is 1.92. The number of hydrogen-bond donors (Lipinski definition) is 1. The lowest BCUT2D eigenvalue weighted by atomic mass is 9.89.